The van der Waals surface area contributed by atoms with Crippen LogP contribution in [0.1, 0.15) is 19.4 Å². The number of methoxy groups -OCH3 is 1. The molecule has 0 fully saturated rings. The molecular formula is C12H16O3. The molecular weight excluding hydrogens is 192 g/mol. The number of carbonyl (C=O) groups is 1. The van der Waals surface area contributed by atoms with Gasteiger partial charge in [0, 0.05) is 5.56 Å². The summed E-state index contributed by atoms with van der Waals surface area (Å²) in [5.74, 6) is 0.453. The van der Waals surface area contributed by atoms with Crippen molar-refractivity contribution in [2.24, 2.45) is 5.92 Å². The van der Waals surface area contributed by atoms with Crippen LogP contribution in [0.4, 0.5) is 0 Å². The van der Waals surface area contributed by atoms with Crippen LogP contribution >= 0.6 is 0 Å². The second-order valence-electron chi connectivity index (χ2n) is 3.57. The SMILES string of the molecule is COc1ccccc1COC(=O)C(C)C. The third kappa shape index (κ3) is 3.27. The van der Waals surface area contributed by atoms with E-state index in [-0.39, 0.29) is 18.5 Å². The van der Waals surface area contributed by atoms with E-state index in [1.165, 1.54) is 0 Å². The van der Waals surface area contributed by atoms with E-state index in [1.807, 2.05) is 38.1 Å². The van der Waals surface area contributed by atoms with Gasteiger partial charge in [-0.25, -0.2) is 0 Å². The third-order valence-corrected chi connectivity index (χ3v) is 2.03. The van der Waals surface area contributed by atoms with Crippen LogP contribution in [-0.4, -0.2) is 13.1 Å². The quantitative estimate of drug-likeness (QED) is 0.713. The molecule has 0 aromatic heterocycles. The molecule has 0 amide bonds. The summed E-state index contributed by atoms with van der Waals surface area (Å²) in [5, 5.41) is 0. The molecule has 0 unspecified atom stereocenters. The summed E-state index contributed by atoms with van der Waals surface area (Å²) in [6.07, 6.45) is 0. The molecule has 0 atom stereocenters. The van der Waals surface area contributed by atoms with Crippen molar-refractivity contribution in [1.82, 2.24) is 0 Å². The topological polar surface area (TPSA) is 35.5 Å². The molecule has 1 aromatic carbocycles. The lowest BCUT2D eigenvalue weighted by molar-refractivity contribution is -0.148. The smallest absolute Gasteiger partial charge is 0.308 e. The molecule has 1 rings (SSSR count). The Hall–Kier alpha value is -1.51. The first-order valence-electron chi connectivity index (χ1n) is 4.93. The number of hydrogen-bond donors (Lipinski definition) is 0. The highest BCUT2D eigenvalue weighted by molar-refractivity contribution is 5.71. The fourth-order valence-electron chi connectivity index (χ4n) is 1.14. The summed E-state index contributed by atoms with van der Waals surface area (Å²) in [7, 11) is 1.60. The Morgan fingerprint density at radius 2 is 2.00 bits per heavy atom. The minimum absolute atomic E-state index is 0.0975. The molecule has 82 valence electrons. The number of benzene rings is 1. The van der Waals surface area contributed by atoms with Gasteiger partial charge >= 0.3 is 5.97 Å². The second kappa shape index (κ2) is 5.39. The molecule has 0 radical (unpaired) electrons. The number of esters is 1. The number of hydrogen-bond acceptors (Lipinski definition) is 3. The summed E-state index contributed by atoms with van der Waals surface area (Å²) in [4.78, 5) is 11.3. The minimum atomic E-state index is -0.194. The molecule has 0 aliphatic rings. The van der Waals surface area contributed by atoms with Gasteiger partial charge in [-0.3, -0.25) is 4.79 Å². The highest BCUT2D eigenvalue weighted by atomic mass is 16.5. The van der Waals surface area contributed by atoms with Gasteiger partial charge in [0.2, 0.25) is 0 Å². The molecule has 1 aromatic rings. The maximum atomic E-state index is 11.3. The first-order chi connectivity index (χ1) is 7.15. The number of carbonyl (C=O) groups excluding carboxylic acids is 1. The van der Waals surface area contributed by atoms with Crippen LogP contribution in [0.2, 0.25) is 0 Å². The van der Waals surface area contributed by atoms with Crippen LogP contribution < -0.4 is 4.74 Å². The fourth-order valence-corrected chi connectivity index (χ4v) is 1.14. The standard InChI is InChI=1S/C12H16O3/c1-9(2)12(13)15-8-10-6-4-5-7-11(10)14-3/h4-7,9H,8H2,1-3H3. The lowest BCUT2D eigenvalue weighted by Gasteiger charge is -2.10. The highest BCUT2D eigenvalue weighted by Crippen LogP contribution is 2.18. The van der Waals surface area contributed by atoms with Gasteiger partial charge in [0.1, 0.15) is 12.4 Å². The first kappa shape index (κ1) is 11.6. The Morgan fingerprint density at radius 1 is 1.33 bits per heavy atom. The monoisotopic (exact) mass is 208 g/mol. The Balaban J connectivity index is 2.61. The number of para-hydroxylation sites is 1. The molecule has 0 N–H and O–H groups in total. The van der Waals surface area contributed by atoms with Crippen molar-refractivity contribution >= 4 is 5.97 Å². The van der Waals surface area contributed by atoms with Crippen LogP contribution in [0.3, 0.4) is 0 Å². The van der Waals surface area contributed by atoms with Gasteiger partial charge in [-0.05, 0) is 6.07 Å². The Kier molecular flexibility index (Phi) is 4.16. The zero-order valence-electron chi connectivity index (χ0n) is 9.32. The van der Waals surface area contributed by atoms with Gasteiger partial charge in [0.25, 0.3) is 0 Å². The summed E-state index contributed by atoms with van der Waals surface area (Å²) < 4.78 is 10.3. The lowest BCUT2D eigenvalue weighted by atomic mass is 10.2. The van der Waals surface area contributed by atoms with E-state index in [0.717, 1.165) is 11.3 Å². The largest absolute Gasteiger partial charge is 0.496 e. The van der Waals surface area contributed by atoms with Crippen LogP contribution in [0, 0.1) is 5.92 Å². The van der Waals surface area contributed by atoms with Crippen LogP contribution in [-0.2, 0) is 16.1 Å². The summed E-state index contributed by atoms with van der Waals surface area (Å²) >= 11 is 0. The summed E-state index contributed by atoms with van der Waals surface area (Å²) in [5.41, 5.74) is 0.883. The first-order valence-corrected chi connectivity index (χ1v) is 4.93. The van der Waals surface area contributed by atoms with Crippen molar-refractivity contribution in [1.29, 1.82) is 0 Å². The van der Waals surface area contributed by atoms with Gasteiger partial charge in [0.05, 0.1) is 13.0 Å². The van der Waals surface area contributed by atoms with Crippen molar-refractivity contribution in [3.05, 3.63) is 29.8 Å². The second-order valence-corrected chi connectivity index (χ2v) is 3.57. The van der Waals surface area contributed by atoms with Crippen molar-refractivity contribution in [3.63, 3.8) is 0 Å². The molecule has 0 aliphatic carbocycles. The van der Waals surface area contributed by atoms with Crippen molar-refractivity contribution in [2.75, 3.05) is 7.11 Å². The van der Waals surface area contributed by atoms with Crippen molar-refractivity contribution < 1.29 is 14.3 Å². The van der Waals surface area contributed by atoms with Gasteiger partial charge in [0.15, 0.2) is 0 Å². The maximum absolute atomic E-state index is 11.3. The number of rotatable bonds is 4. The maximum Gasteiger partial charge on any atom is 0.308 e. The Bertz CT molecular complexity index is 331. The molecule has 15 heavy (non-hydrogen) atoms. The Morgan fingerprint density at radius 3 is 2.60 bits per heavy atom. The van der Waals surface area contributed by atoms with E-state index in [0.29, 0.717) is 0 Å². The predicted octanol–water partition coefficient (Wildman–Crippen LogP) is 2.39. The van der Waals surface area contributed by atoms with Crippen LogP contribution in [0.25, 0.3) is 0 Å². The minimum Gasteiger partial charge on any atom is -0.496 e. The highest BCUT2D eigenvalue weighted by Gasteiger charge is 2.09. The van der Waals surface area contributed by atoms with Crippen molar-refractivity contribution in [3.8, 4) is 5.75 Å². The zero-order valence-corrected chi connectivity index (χ0v) is 9.32. The average molecular weight is 208 g/mol. The zero-order chi connectivity index (χ0) is 11.3. The van der Waals surface area contributed by atoms with Crippen LogP contribution in [0.5, 0.6) is 5.75 Å². The normalized spacial score (nSPS) is 10.1. The van der Waals surface area contributed by atoms with Gasteiger partial charge < -0.3 is 9.47 Å². The van der Waals surface area contributed by atoms with Gasteiger partial charge in [-0.15, -0.1) is 0 Å². The molecule has 0 saturated heterocycles. The summed E-state index contributed by atoms with van der Waals surface area (Å²) in [6.45, 7) is 3.89. The van der Waals surface area contributed by atoms with Crippen molar-refractivity contribution in [2.45, 2.75) is 20.5 Å². The average Bonchev–Trinajstić information content (AvgIpc) is 2.26. The molecule has 3 heteroatoms. The Labute approximate surface area is 90.0 Å². The van der Waals surface area contributed by atoms with Gasteiger partial charge in [-0.1, -0.05) is 32.0 Å². The lowest BCUT2D eigenvalue weighted by Crippen LogP contribution is -2.11. The van der Waals surface area contributed by atoms with E-state index in [9.17, 15) is 4.79 Å². The van der Waals surface area contributed by atoms with Gasteiger partial charge in [-0.2, -0.15) is 0 Å². The summed E-state index contributed by atoms with van der Waals surface area (Å²) in [6, 6.07) is 7.50. The van der Waals surface area contributed by atoms with E-state index in [4.69, 9.17) is 9.47 Å². The molecule has 3 nitrogen and oxygen atoms in total. The van der Waals surface area contributed by atoms with E-state index < -0.39 is 0 Å². The molecule has 0 heterocycles. The molecule has 0 spiro atoms. The molecule has 0 bridgehead atoms. The molecule has 0 aliphatic heterocycles. The van der Waals surface area contributed by atoms with E-state index in [1.54, 1.807) is 7.11 Å². The third-order valence-electron chi connectivity index (χ3n) is 2.03. The predicted molar refractivity (Wildman–Crippen MR) is 57.6 cm³/mol. The fraction of sp³-hybridized carbons (Fsp3) is 0.417. The molecule has 0 saturated carbocycles. The number of ether oxygens (including phenoxy) is 2. The van der Waals surface area contributed by atoms with E-state index >= 15 is 0 Å². The van der Waals surface area contributed by atoms with E-state index in [2.05, 4.69) is 0 Å². The van der Waals surface area contributed by atoms with Crippen LogP contribution in [0.15, 0.2) is 24.3 Å².